The molecule has 2 N–H and O–H groups in total. The van der Waals surface area contributed by atoms with Gasteiger partial charge in [-0.05, 0) is 37.5 Å². The van der Waals surface area contributed by atoms with Crippen LogP contribution in [0.5, 0.6) is 0 Å². The number of rotatable bonds is 5. The van der Waals surface area contributed by atoms with Gasteiger partial charge in [-0.15, -0.1) is 11.6 Å². The SMILES string of the molecule is CC=C1C=CC(=[O+]C)C(C(CCCCl)C(N)=O)=C1. The van der Waals surface area contributed by atoms with E-state index in [1.165, 1.54) is 0 Å². The molecule has 3 nitrogen and oxygen atoms in total. The zero-order chi connectivity index (χ0) is 13.5. The normalized spacial score (nSPS) is 21.2. The number of nitrogens with two attached hydrogens (primary N) is 1. The van der Waals surface area contributed by atoms with Gasteiger partial charge in [0, 0.05) is 12.0 Å². The van der Waals surface area contributed by atoms with E-state index >= 15 is 0 Å². The molecule has 1 aliphatic rings. The number of ketones is 1. The Bertz CT molecular complexity index is 433. The Morgan fingerprint density at radius 2 is 2.28 bits per heavy atom. The summed E-state index contributed by atoms with van der Waals surface area (Å²) < 4.78 is 5.30. The maximum absolute atomic E-state index is 11.6. The fraction of sp³-hybridized carbons (Fsp3) is 0.429. The lowest BCUT2D eigenvalue weighted by Crippen LogP contribution is -2.29. The molecular formula is C14H19ClNO2+. The van der Waals surface area contributed by atoms with Crippen molar-refractivity contribution in [3.63, 3.8) is 0 Å². The third-order valence-corrected chi connectivity index (χ3v) is 3.20. The Morgan fingerprint density at radius 3 is 2.78 bits per heavy atom. The van der Waals surface area contributed by atoms with Crippen LogP contribution in [0.2, 0.25) is 0 Å². The van der Waals surface area contributed by atoms with E-state index in [0.717, 1.165) is 17.6 Å². The van der Waals surface area contributed by atoms with E-state index in [1.54, 1.807) is 7.11 Å². The molecule has 0 aromatic carbocycles. The summed E-state index contributed by atoms with van der Waals surface area (Å²) >= 11 is 5.68. The molecular weight excluding hydrogens is 250 g/mol. The maximum atomic E-state index is 11.6. The third kappa shape index (κ3) is 3.57. The van der Waals surface area contributed by atoms with E-state index in [1.807, 2.05) is 31.2 Å². The van der Waals surface area contributed by atoms with E-state index in [4.69, 9.17) is 21.8 Å². The fourth-order valence-electron chi connectivity index (χ4n) is 1.94. The van der Waals surface area contributed by atoms with Crippen LogP contribution in [0, 0.1) is 5.92 Å². The minimum atomic E-state index is -0.349. The van der Waals surface area contributed by atoms with E-state index in [9.17, 15) is 4.79 Å². The molecule has 1 unspecified atom stereocenters. The molecule has 0 aromatic rings. The standard InChI is InChI=1S/C14H18ClNO2/c1-3-10-6-7-13(18-2)12(9-10)11(14(16)17)5-4-8-15/h3,6-7,9,11H,4-5,8H2,1-2H3,(H-,16,17)/p+1. The van der Waals surface area contributed by atoms with Crippen LogP contribution in [0.4, 0.5) is 0 Å². The van der Waals surface area contributed by atoms with Gasteiger partial charge in [-0.1, -0.05) is 6.08 Å². The molecule has 1 rings (SSSR count). The van der Waals surface area contributed by atoms with E-state index < -0.39 is 0 Å². The Balaban J connectivity index is 3.07. The number of hydrogen-bond donors (Lipinski definition) is 1. The second-order valence-corrected chi connectivity index (χ2v) is 4.45. The number of primary amides is 1. The minimum absolute atomic E-state index is 0.341. The zero-order valence-electron chi connectivity index (χ0n) is 10.8. The Kier molecular flexibility index (Phi) is 5.86. The fourth-order valence-corrected chi connectivity index (χ4v) is 2.09. The molecule has 98 valence electrons. The van der Waals surface area contributed by atoms with Gasteiger partial charge in [-0.3, -0.25) is 9.22 Å². The Hall–Kier alpha value is -1.35. The highest BCUT2D eigenvalue weighted by atomic mass is 35.5. The van der Waals surface area contributed by atoms with Crippen molar-refractivity contribution in [1.82, 2.24) is 0 Å². The van der Waals surface area contributed by atoms with Crippen molar-refractivity contribution in [2.45, 2.75) is 19.8 Å². The quantitative estimate of drug-likeness (QED) is 0.604. The first-order valence-electron chi connectivity index (χ1n) is 5.96. The molecule has 0 fully saturated rings. The van der Waals surface area contributed by atoms with Crippen LogP contribution >= 0.6 is 11.6 Å². The van der Waals surface area contributed by atoms with E-state index in [2.05, 4.69) is 0 Å². The second kappa shape index (κ2) is 7.17. The summed E-state index contributed by atoms with van der Waals surface area (Å²) in [6, 6.07) is 0. The predicted octanol–water partition coefficient (Wildman–Crippen LogP) is 2.28. The molecule has 0 saturated heterocycles. The van der Waals surface area contributed by atoms with Gasteiger partial charge < -0.3 is 5.73 Å². The van der Waals surface area contributed by atoms with Crippen LogP contribution in [-0.4, -0.2) is 24.7 Å². The van der Waals surface area contributed by atoms with E-state index in [0.29, 0.717) is 18.1 Å². The summed E-state index contributed by atoms with van der Waals surface area (Å²) in [5.41, 5.74) is 7.36. The van der Waals surface area contributed by atoms with Crippen LogP contribution in [0.25, 0.3) is 0 Å². The van der Waals surface area contributed by atoms with Crippen LogP contribution in [0.1, 0.15) is 19.8 Å². The number of carbonyl (C=O) groups excluding carboxylic acids is 2. The van der Waals surface area contributed by atoms with Crippen molar-refractivity contribution < 1.29 is 9.22 Å². The Morgan fingerprint density at radius 1 is 1.56 bits per heavy atom. The van der Waals surface area contributed by atoms with Crippen molar-refractivity contribution in [3.05, 3.63) is 35.5 Å². The highest BCUT2D eigenvalue weighted by Crippen LogP contribution is 2.24. The first-order valence-corrected chi connectivity index (χ1v) is 6.50. The summed E-state index contributed by atoms with van der Waals surface area (Å²) in [5.74, 6) is 0.523. The van der Waals surface area contributed by atoms with Crippen molar-refractivity contribution in [3.8, 4) is 0 Å². The monoisotopic (exact) mass is 268 g/mol. The average Bonchev–Trinajstić information content (AvgIpc) is 2.38. The van der Waals surface area contributed by atoms with Gasteiger partial charge in [0.1, 0.15) is 0 Å². The van der Waals surface area contributed by atoms with Gasteiger partial charge in [0.2, 0.25) is 5.91 Å². The topological polar surface area (TPSA) is 54.4 Å². The van der Waals surface area contributed by atoms with Gasteiger partial charge in [0.05, 0.1) is 11.5 Å². The summed E-state index contributed by atoms with van der Waals surface area (Å²) in [6.45, 7) is 1.95. The number of halogens is 1. The van der Waals surface area contributed by atoms with Crippen LogP contribution < -0.4 is 5.73 Å². The zero-order valence-corrected chi connectivity index (χ0v) is 11.5. The first kappa shape index (κ1) is 14.7. The van der Waals surface area contributed by atoms with Gasteiger partial charge in [-0.25, -0.2) is 0 Å². The molecule has 1 amide bonds. The third-order valence-electron chi connectivity index (χ3n) is 2.93. The van der Waals surface area contributed by atoms with Gasteiger partial charge in [0.15, 0.2) is 0 Å². The molecule has 0 heterocycles. The number of allylic oxidation sites excluding steroid dienone is 5. The molecule has 0 spiro atoms. The highest BCUT2D eigenvalue weighted by molar-refractivity contribution is 6.17. The molecule has 1 atom stereocenters. The highest BCUT2D eigenvalue weighted by Gasteiger charge is 2.30. The molecule has 0 aromatic heterocycles. The maximum Gasteiger partial charge on any atom is 0.347 e. The summed E-state index contributed by atoms with van der Waals surface area (Å²) in [5, 5.41) is 0. The van der Waals surface area contributed by atoms with Crippen molar-refractivity contribution in [1.29, 1.82) is 0 Å². The molecule has 0 aliphatic heterocycles. The minimum Gasteiger partial charge on any atom is -0.369 e. The summed E-state index contributed by atoms with van der Waals surface area (Å²) in [7, 11) is 1.59. The average molecular weight is 269 g/mol. The van der Waals surface area contributed by atoms with Crippen LogP contribution in [0.15, 0.2) is 35.5 Å². The molecule has 0 bridgehead atoms. The van der Waals surface area contributed by atoms with Gasteiger partial charge in [-0.2, -0.15) is 0 Å². The summed E-state index contributed by atoms with van der Waals surface area (Å²) in [6.07, 6.45) is 9.12. The predicted molar refractivity (Wildman–Crippen MR) is 74.5 cm³/mol. The van der Waals surface area contributed by atoms with Crippen LogP contribution in [-0.2, 0) is 9.22 Å². The largest absolute Gasteiger partial charge is 0.369 e. The lowest BCUT2D eigenvalue weighted by atomic mass is 9.86. The number of carbonyl (C=O) groups is 1. The second-order valence-electron chi connectivity index (χ2n) is 4.08. The number of alkyl halides is 1. The first-order chi connectivity index (χ1) is 8.63. The lowest BCUT2D eigenvalue weighted by Gasteiger charge is -2.15. The smallest absolute Gasteiger partial charge is 0.347 e. The van der Waals surface area contributed by atoms with Crippen LogP contribution in [0.3, 0.4) is 0 Å². The van der Waals surface area contributed by atoms with E-state index in [-0.39, 0.29) is 11.8 Å². The van der Waals surface area contributed by atoms with Gasteiger partial charge in [0.25, 0.3) is 7.11 Å². The van der Waals surface area contributed by atoms with Crippen molar-refractivity contribution in [2.75, 3.05) is 13.0 Å². The molecule has 18 heavy (non-hydrogen) atoms. The van der Waals surface area contributed by atoms with Crippen molar-refractivity contribution >= 4 is 23.3 Å². The lowest BCUT2D eigenvalue weighted by molar-refractivity contribution is -0.418. The Labute approximate surface area is 113 Å². The van der Waals surface area contributed by atoms with Crippen molar-refractivity contribution in [2.24, 2.45) is 11.7 Å². The summed E-state index contributed by atoms with van der Waals surface area (Å²) in [4.78, 5) is 11.6. The molecule has 4 heteroatoms. The molecule has 0 saturated carbocycles. The molecule has 0 radical (unpaired) electrons. The molecule has 1 aliphatic carbocycles. The number of hydrogen-bond acceptors (Lipinski definition) is 1. The number of amides is 1. The van der Waals surface area contributed by atoms with Gasteiger partial charge >= 0.3 is 5.78 Å².